The summed E-state index contributed by atoms with van der Waals surface area (Å²) in [6, 6.07) is -0.808. The summed E-state index contributed by atoms with van der Waals surface area (Å²) >= 11 is 0. The normalized spacial score (nSPS) is 18.4. The van der Waals surface area contributed by atoms with Gasteiger partial charge in [0.05, 0.1) is 32.0 Å². The first-order chi connectivity index (χ1) is 39.2. The summed E-state index contributed by atoms with van der Waals surface area (Å²) < 4.78 is 16.7. The third-order valence-electron chi connectivity index (χ3n) is 16.6. The van der Waals surface area contributed by atoms with Gasteiger partial charge in [0.2, 0.25) is 5.91 Å². The standard InChI is InChI=1S/C69H131NO10/c1-3-5-7-9-11-13-14-15-30-34-37-41-45-49-53-57-65(74)78-58-54-50-46-42-38-35-32-29-27-25-23-21-19-17-16-18-20-22-24-26-28-31-33-36-40-44-48-52-56-64(73)70-61(62(72)55-51-47-43-39-12-10-8-6-4-2)60-79-69-68(77)67(76)66(75)63(59-71)80-69/h16-17,51,55,61-63,66-69,71-72,75-77H,3-15,18-50,52-54,56-60H2,1-2H3,(H,70,73)/b17-16-,55-51+. The maximum absolute atomic E-state index is 13.0. The quantitative estimate of drug-likeness (QED) is 0.0195. The minimum absolute atomic E-state index is 0.0101. The molecule has 0 radical (unpaired) electrons. The van der Waals surface area contributed by atoms with Crippen molar-refractivity contribution in [2.24, 2.45) is 0 Å². The predicted octanol–water partition coefficient (Wildman–Crippen LogP) is 17.2. The van der Waals surface area contributed by atoms with Gasteiger partial charge in [0.25, 0.3) is 0 Å². The number of aliphatic hydroxyl groups excluding tert-OH is 5. The Kier molecular flexibility index (Phi) is 56.1. The van der Waals surface area contributed by atoms with Crippen molar-refractivity contribution in [2.45, 2.75) is 384 Å². The lowest BCUT2D eigenvalue weighted by Gasteiger charge is -2.40. The second-order valence-corrected chi connectivity index (χ2v) is 24.2. The molecule has 7 unspecified atom stereocenters. The van der Waals surface area contributed by atoms with Gasteiger partial charge < -0.3 is 45.1 Å². The molecule has 1 saturated heterocycles. The molecule has 0 aromatic rings. The van der Waals surface area contributed by atoms with Crippen LogP contribution in [0.15, 0.2) is 24.3 Å². The zero-order valence-electron chi connectivity index (χ0n) is 52.3. The first kappa shape index (κ1) is 76.2. The topological polar surface area (TPSA) is 175 Å². The van der Waals surface area contributed by atoms with Gasteiger partial charge in [-0.25, -0.2) is 0 Å². The molecular formula is C69H131NO10. The van der Waals surface area contributed by atoms with Crippen LogP contribution in [0.25, 0.3) is 0 Å². The highest BCUT2D eigenvalue weighted by Crippen LogP contribution is 2.23. The van der Waals surface area contributed by atoms with Gasteiger partial charge in [0, 0.05) is 12.8 Å². The molecule has 1 rings (SSSR count). The molecule has 1 aliphatic heterocycles. The van der Waals surface area contributed by atoms with Crippen LogP contribution >= 0.6 is 0 Å². The molecule has 6 N–H and O–H groups in total. The minimum atomic E-state index is -1.57. The fourth-order valence-electron chi connectivity index (χ4n) is 11.1. The average Bonchev–Trinajstić information content (AvgIpc) is 3.45. The van der Waals surface area contributed by atoms with Crippen molar-refractivity contribution in [3.05, 3.63) is 24.3 Å². The van der Waals surface area contributed by atoms with E-state index in [1.807, 2.05) is 6.08 Å². The molecule has 1 heterocycles. The summed E-state index contributed by atoms with van der Waals surface area (Å²) in [5, 5.41) is 54.3. The van der Waals surface area contributed by atoms with Crippen LogP contribution in [0, 0.1) is 0 Å². The van der Waals surface area contributed by atoms with Gasteiger partial charge in [-0.2, -0.15) is 0 Å². The van der Waals surface area contributed by atoms with Gasteiger partial charge >= 0.3 is 5.97 Å². The van der Waals surface area contributed by atoms with Crippen molar-refractivity contribution in [3.8, 4) is 0 Å². The van der Waals surface area contributed by atoms with Crippen molar-refractivity contribution >= 4 is 11.9 Å². The molecule has 11 nitrogen and oxygen atoms in total. The molecule has 0 saturated carbocycles. The predicted molar refractivity (Wildman–Crippen MR) is 334 cm³/mol. The highest BCUT2D eigenvalue weighted by Gasteiger charge is 2.44. The Balaban J connectivity index is 1.92. The second kappa shape index (κ2) is 58.9. The Labute approximate surface area is 492 Å². The summed E-state index contributed by atoms with van der Waals surface area (Å²) in [5.41, 5.74) is 0. The van der Waals surface area contributed by atoms with E-state index in [0.29, 0.717) is 19.4 Å². The Morgan fingerprint density at radius 2 is 0.800 bits per heavy atom. The molecule has 11 heteroatoms. The zero-order chi connectivity index (χ0) is 58.0. The number of hydrogen-bond acceptors (Lipinski definition) is 10. The van der Waals surface area contributed by atoms with E-state index >= 15 is 0 Å². The third kappa shape index (κ3) is 47.5. The minimum Gasteiger partial charge on any atom is -0.466 e. The molecule has 1 amide bonds. The van der Waals surface area contributed by atoms with Crippen molar-refractivity contribution < 1.29 is 49.3 Å². The van der Waals surface area contributed by atoms with Gasteiger partial charge in [0.1, 0.15) is 24.4 Å². The summed E-state index contributed by atoms with van der Waals surface area (Å²) in [7, 11) is 0. The Hall–Kier alpha value is -1.86. The number of hydrogen-bond donors (Lipinski definition) is 6. The second-order valence-electron chi connectivity index (χ2n) is 24.2. The van der Waals surface area contributed by atoms with Gasteiger partial charge in [-0.05, 0) is 57.8 Å². The number of esters is 1. The zero-order valence-corrected chi connectivity index (χ0v) is 52.3. The van der Waals surface area contributed by atoms with Gasteiger partial charge in [-0.3, -0.25) is 9.59 Å². The van der Waals surface area contributed by atoms with E-state index < -0.39 is 49.5 Å². The van der Waals surface area contributed by atoms with E-state index in [-0.39, 0.29) is 18.5 Å². The largest absolute Gasteiger partial charge is 0.466 e. The van der Waals surface area contributed by atoms with E-state index in [4.69, 9.17) is 14.2 Å². The van der Waals surface area contributed by atoms with Crippen LogP contribution in [0.4, 0.5) is 0 Å². The van der Waals surface area contributed by atoms with Crippen LogP contribution in [-0.2, 0) is 23.8 Å². The summed E-state index contributed by atoms with van der Waals surface area (Å²) in [6.45, 7) is 4.35. The highest BCUT2D eigenvalue weighted by molar-refractivity contribution is 5.76. The lowest BCUT2D eigenvalue weighted by molar-refractivity contribution is -0.302. The maximum atomic E-state index is 13.0. The molecule has 1 fully saturated rings. The van der Waals surface area contributed by atoms with Crippen molar-refractivity contribution in [1.82, 2.24) is 5.32 Å². The Bertz CT molecular complexity index is 1380. The van der Waals surface area contributed by atoms with Crippen LogP contribution in [-0.4, -0.2) is 100 Å². The first-order valence-electron chi connectivity index (χ1n) is 34.6. The monoisotopic (exact) mass is 1130 g/mol. The van der Waals surface area contributed by atoms with E-state index in [2.05, 4.69) is 31.3 Å². The molecule has 80 heavy (non-hydrogen) atoms. The van der Waals surface area contributed by atoms with Crippen molar-refractivity contribution in [1.29, 1.82) is 0 Å². The number of carbonyl (C=O) groups is 2. The molecule has 1 aliphatic rings. The molecule has 0 spiro atoms. The van der Waals surface area contributed by atoms with Crippen LogP contribution < -0.4 is 5.32 Å². The van der Waals surface area contributed by atoms with Crippen LogP contribution in [0.5, 0.6) is 0 Å². The summed E-state index contributed by atoms with van der Waals surface area (Å²) in [4.78, 5) is 25.1. The fraction of sp³-hybridized carbons (Fsp3) is 0.913. The van der Waals surface area contributed by atoms with Crippen LogP contribution in [0.3, 0.4) is 0 Å². The van der Waals surface area contributed by atoms with E-state index in [0.717, 1.165) is 51.4 Å². The maximum Gasteiger partial charge on any atom is 0.305 e. The lowest BCUT2D eigenvalue weighted by atomic mass is 9.99. The van der Waals surface area contributed by atoms with Crippen molar-refractivity contribution in [3.63, 3.8) is 0 Å². The van der Waals surface area contributed by atoms with Crippen LogP contribution in [0.2, 0.25) is 0 Å². The van der Waals surface area contributed by atoms with Gasteiger partial charge in [-0.15, -0.1) is 0 Å². The Morgan fingerprint density at radius 1 is 0.450 bits per heavy atom. The molecule has 0 bridgehead atoms. The Morgan fingerprint density at radius 3 is 1.20 bits per heavy atom. The number of amides is 1. The van der Waals surface area contributed by atoms with Crippen LogP contribution in [0.1, 0.15) is 341 Å². The average molecular weight is 1130 g/mol. The highest BCUT2D eigenvalue weighted by atomic mass is 16.7. The number of carbonyl (C=O) groups excluding carboxylic acids is 2. The molecule has 7 atom stereocenters. The molecule has 0 aromatic carbocycles. The molecular weight excluding hydrogens is 1000 g/mol. The molecule has 0 aromatic heterocycles. The summed E-state index contributed by atoms with van der Waals surface area (Å²) in [5.74, 6) is -0.172. The number of aliphatic hydroxyl groups is 5. The fourth-order valence-corrected chi connectivity index (χ4v) is 11.1. The smallest absolute Gasteiger partial charge is 0.305 e. The molecule has 0 aliphatic carbocycles. The third-order valence-corrected chi connectivity index (χ3v) is 16.6. The number of rotatable bonds is 61. The van der Waals surface area contributed by atoms with Gasteiger partial charge in [0.15, 0.2) is 6.29 Å². The first-order valence-corrected chi connectivity index (χ1v) is 34.6. The summed E-state index contributed by atoms with van der Waals surface area (Å²) in [6.07, 6.45) is 63.2. The number of ether oxygens (including phenoxy) is 3. The van der Waals surface area contributed by atoms with E-state index in [1.165, 1.54) is 263 Å². The lowest BCUT2D eigenvalue weighted by Crippen LogP contribution is -2.60. The number of allylic oxidation sites excluding steroid dienone is 3. The van der Waals surface area contributed by atoms with E-state index in [1.54, 1.807) is 6.08 Å². The SMILES string of the molecule is CCCCCCCCC/C=C/C(O)C(COC1OC(CO)C(O)C(O)C1O)NC(=O)CCCCCCCCCCCCCC/C=C\CCCCCCCCCCCCCCOC(=O)CCCCCCCCCCCCCCCCC. The number of nitrogens with one attached hydrogen (secondary N) is 1. The van der Waals surface area contributed by atoms with Gasteiger partial charge in [-0.1, -0.05) is 295 Å². The molecule has 472 valence electrons. The number of unbranched alkanes of at least 4 members (excludes halogenated alkanes) is 45. The van der Waals surface area contributed by atoms with Crippen molar-refractivity contribution in [2.75, 3.05) is 19.8 Å². The van der Waals surface area contributed by atoms with E-state index in [9.17, 15) is 35.1 Å².